The van der Waals surface area contributed by atoms with Gasteiger partial charge in [-0.05, 0) is 73.0 Å². The molecule has 6 rings (SSSR count). The van der Waals surface area contributed by atoms with E-state index in [0.29, 0.717) is 6.42 Å². The number of fused-ring (bicyclic) bond motifs is 4. The van der Waals surface area contributed by atoms with Crippen LogP contribution in [0.5, 0.6) is 0 Å². The average Bonchev–Trinajstić information content (AvgIpc) is 3.04. The molecule has 1 unspecified atom stereocenters. The standard InChI is InChI=1S/C32H45NO4/c1-26(2)10-12-31-13-11-30(7)29(6)9-8-20-27(3,4)25(36)19(17-33)15-28(20,5)21(29)14-23(35)32(30,22(31)16-26)37-24(31)18-34/h15,20-22,24,34H,8-14,16,18H2,1-7H3/t20-,21+,22+,24?,28-,29+,30-,31-,32+/m0/s1. The normalized spacial score (nSPS) is 53.2. The van der Waals surface area contributed by atoms with Crippen LogP contribution >= 0.6 is 0 Å². The quantitative estimate of drug-likeness (QED) is 0.485. The van der Waals surface area contributed by atoms with Gasteiger partial charge in [0.1, 0.15) is 11.7 Å². The van der Waals surface area contributed by atoms with E-state index < -0.39 is 16.4 Å². The van der Waals surface area contributed by atoms with Crippen molar-refractivity contribution in [1.82, 2.24) is 0 Å². The van der Waals surface area contributed by atoms with Crippen LogP contribution in [-0.2, 0) is 14.3 Å². The lowest BCUT2D eigenvalue weighted by Gasteiger charge is -2.72. The maximum Gasteiger partial charge on any atom is 0.178 e. The van der Waals surface area contributed by atoms with E-state index in [9.17, 15) is 20.0 Å². The van der Waals surface area contributed by atoms with Crippen molar-refractivity contribution in [3.05, 3.63) is 11.6 Å². The van der Waals surface area contributed by atoms with Gasteiger partial charge in [-0.1, -0.05) is 54.5 Å². The SMILES string of the molecule is CC1(C)CC[C@@]23CC[C@@]4(C)[C@]5(C)CC[C@H]6C(C)(C)C(=O)C(C#N)=C[C@]6(C)[C@H]5CC(=O)[C@]4(OC2CO)[C@@H]3C1. The summed E-state index contributed by atoms with van der Waals surface area (Å²) in [4.78, 5) is 28.0. The van der Waals surface area contributed by atoms with Crippen LogP contribution in [0.15, 0.2) is 11.6 Å². The highest BCUT2D eigenvalue weighted by atomic mass is 16.5. The number of hydrogen-bond acceptors (Lipinski definition) is 5. The zero-order valence-corrected chi connectivity index (χ0v) is 23.9. The van der Waals surface area contributed by atoms with Gasteiger partial charge in [0.05, 0.1) is 18.3 Å². The van der Waals surface area contributed by atoms with E-state index in [1.807, 2.05) is 19.9 Å². The van der Waals surface area contributed by atoms with Crippen molar-refractivity contribution in [2.24, 2.45) is 50.2 Å². The van der Waals surface area contributed by atoms with Gasteiger partial charge >= 0.3 is 0 Å². The number of nitriles is 1. The summed E-state index contributed by atoms with van der Waals surface area (Å²) >= 11 is 0. The lowest BCUT2D eigenvalue weighted by Crippen LogP contribution is -2.74. The lowest BCUT2D eigenvalue weighted by atomic mass is 9.31. The Morgan fingerprint density at radius 2 is 1.65 bits per heavy atom. The maximum absolute atomic E-state index is 14.8. The summed E-state index contributed by atoms with van der Waals surface area (Å²) in [7, 11) is 0. The number of rotatable bonds is 1. The van der Waals surface area contributed by atoms with Crippen LogP contribution in [0.25, 0.3) is 0 Å². The van der Waals surface area contributed by atoms with Crippen LogP contribution < -0.4 is 0 Å². The molecule has 2 bridgehead atoms. The van der Waals surface area contributed by atoms with Gasteiger partial charge in [0, 0.05) is 28.6 Å². The van der Waals surface area contributed by atoms with Gasteiger partial charge in [0.25, 0.3) is 0 Å². The van der Waals surface area contributed by atoms with Gasteiger partial charge in [-0.2, -0.15) is 5.26 Å². The fourth-order valence-electron chi connectivity index (χ4n) is 11.7. The second-order valence-corrected chi connectivity index (χ2v) is 15.8. The molecule has 5 aliphatic carbocycles. The van der Waals surface area contributed by atoms with Crippen molar-refractivity contribution in [3.8, 4) is 6.07 Å². The summed E-state index contributed by atoms with van der Waals surface area (Å²) in [6, 6.07) is 2.21. The van der Waals surface area contributed by atoms with Gasteiger partial charge in [-0.25, -0.2) is 0 Å². The van der Waals surface area contributed by atoms with Gasteiger partial charge in [-0.15, -0.1) is 0 Å². The Morgan fingerprint density at radius 3 is 2.30 bits per heavy atom. The van der Waals surface area contributed by atoms with E-state index in [1.165, 1.54) is 0 Å². The second kappa shape index (κ2) is 7.16. The number of nitrogens with zero attached hydrogens (tertiary/aromatic N) is 1. The van der Waals surface area contributed by atoms with Crippen molar-refractivity contribution in [2.45, 2.75) is 112 Å². The van der Waals surface area contributed by atoms with E-state index >= 15 is 0 Å². The molecular weight excluding hydrogens is 462 g/mol. The summed E-state index contributed by atoms with van der Waals surface area (Å²) in [5, 5.41) is 20.5. The predicted molar refractivity (Wildman–Crippen MR) is 140 cm³/mol. The molecule has 0 aromatic rings. The van der Waals surface area contributed by atoms with Gasteiger partial charge in [0.2, 0.25) is 0 Å². The van der Waals surface area contributed by atoms with E-state index in [0.717, 1.165) is 44.9 Å². The molecule has 1 N–H and O–H groups in total. The molecule has 1 heterocycles. The van der Waals surface area contributed by atoms with Crippen LogP contribution in [0.4, 0.5) is 0 Å². The predicted octanol–water partition coefficient (Wildman–Crippen LogP) is 5.80. The molecule has 9 atom stereocenters. The molecule has 4 saturated carbocycles. The molecule has 1 aliphatic heterocycles. The van der Waals surface area contributed by atoms with Crippen LogP contribution in [0, 0.1) is 61.6 Å². The molecule has 0 aromatic carbocycles. The zero-order valence-electron chi connectivity index (χ0n) is 23.9. The third-order valence-corrected chi connectivity index (χ3v) is 13.8. The molecule has 0 aromatic heterocycles. The number of allylic oxidation sites excluding steroid dienone is 2. The van der Waals surface area contributed by atoms with Crippen LogP contribution in [0.2, 0.25) is 0 Å². The highest BCUT2D eigenvalue weighted by Gasteiger charge is 2.82. The molecule has 37 heavy (non-hydrogen) atoms. The molecule has 5 heteroatoms. The maximum atomic E-state index is 14.8. The largest absolute Gasteiger partial charge is 0.394 e. The Bertz CT molecular complexity index is 1160. The number of ketones is 2. The third-order valence-electron chi connectivity index (χ3n) is 13.8. The Balaban J connectivity index is 1.54. The first-order chi connectivity index (χ1) is 17.1. The molecule has 5 fully saturated rings. The molecule has 5 nitrogen and oxygen atoms in total. The fourth-order valence-corrected chi connectivity index (χ4v) is 11.7. The Morgan fingerprint density at radius 1 is 0.973 bits per heavy atom. The lowest BCUT2D eigenvalue weighted by molar-refractivity contribution is -0.257. The molecule has 0 radical (unpaired) electrons. The number of ether oxygens (including phenoxy) is 1. The third kappa shape index (κ3) is 2.64. The number of aliphatic hydroxyl groups excluding tert-OH is 1. The Hall–Kier alpha value is -1.51. The fraction of sp³-hybridized carbons (Fsp3) is 0.844. The highest BCUT2D eigenvalue weighted by molar-refractivity contribution is 6.04. The van der Waals surface area contributed by atoms with E-state index in [2.05, 4.69) is 40.7 Å². The summed E-state index contributed by atoms with van der Waals surface area (Å²) in [6.07, 6.45) is 8.98. The molecular formula is C32H45NO4. The summed E-state index contributed by atoms with van der Waals surface area (Å²) in [6.45, 7) is 15.6. The van der Waals surface area contributed by atoms with Crippen molar-refractivity contribution < 1.29 is 19.4 Å². The number of hydrogen-bond donors (Lipinski definition) is 1. The summed E-state index contributed by atoms with van der Waals surface area (Å²) in [5.74, 6) is 0.425. The first kappa shape index (κ1) is 25.8. The minimum atomic E-state index is -0.868. The van der Waals surface area contributed by atoms with Gasteiger partial charge in [-0.3, -0.25) is 9.59 Å². The molecule has 202 valence electrons. The van der Waals surface area contributed by atoms with Crippen molar-refractivity contribution in [2.75, 3.05) is 6.61 Å². The van der Waals surface area contributed by atoms with Crippen molar-refractivity contribution >= 4 is 11.6 Å². The molecule has 1 saturated heterocycles. The average molecular weight is 508 g/mol. The Labute approximate surface area is 222 Å². The first-order valence-electron chi connectivity index (χ1n) is 14.6. The minimum Gasteiger partial charge on any atom is -0.394 e. The highest BCUT2D eigenvalue weighted by Crippen LogP contribution is 2.80. The van der Waals surface area contributed by atoms with E-state index in [1.54, 1.807) is 0 Å². The first-order valence-corrected chi connectivity index (χ1v) is 14.6. The number of aliphatic hydroxyl groups is 1. The monoisotopic (exact) mass is 507 g/mol. The topological polar surface area (TPSA) is 87.4 Å². The summed E-state index contributed by atoms with van der Waals surface area (Å²) < 4.78 is 7.03. The zero-order chi connectivity index (χ0) is 27.0. The number of carbonyl (C=O) groups excluding carboxylic acids is 2. The number of carbonyl (C=O) groups is 2. The van der Waals surface area contributed by atoms with Crippen LogP contribution in [0.1, 0.15) is 99.8 Å². The Kier molecular flexibility index (Phi) is 4.98. The van der Waals surface area contributed by atoms with Crippen molar-refractivity contribution in [3.63, 3.8) is 0 Å². The van der Waals surface area contributed by atoms with Gasteiger partial charge in [0.15, 0.2) is 11.6 Å². The van der Waals surface area contributed by atoms with Crippen LogP contribution in [-0.4, -0.2) is 35.0 Å². The van der Waals surface area contributed by atoms with Crippen LogP contribution in [0.3, 0.4) is 0 Å². The summed E-state index contributed by atoms with van der Waals surface area (Å²) in [5.41, 5.74) is -2.17. The van der Waals surface area contributed by atoms with Crippen molar-refractivity contribution in [1.29, 1.82) is 5.26 Å². The van der Waals surface area contributed by atoms with E-state index in [4.69, 9.17) is 4.74 Å². The molecule has 0 amide bonds. The number of Topliss-reactive ketones (excluding diaryl/α,β-unsaturated/α-hetero) is 2. The van der Waals surface area contributed by atoms with E-state index in [-0.39, 0.29) is 69.3 Å². The molecule has 6 aliphatic rings. The smallest absolute Gasteiger partial charge is 0.178 e. The molecule has 1 spiro atoms. The van der Waals surface area contributed by atoms with Gasteiger partial charge < -0.3 is 9.84 Å². The second-order valence-electron chi connectivity index (χ2n) is 15.8. The minimum absolute atomic E-state index is 0.0213.